The SMILES string of the molecule is CNc1cccc(-c2ccc(CC3SC(=O)NC3=O)s2)c1C. The van der Waals surface area contributed by atoms with Crippen LogP contribution < -0.4 is 10.6 Å². The first-order valence-electron chi connectivity index (χ1n) is 6.96. The molecule has 0 spiro atoms. The Morgan fingerprint density at radius 2 is 2.05 bits per heavy atom. The lowest BCUT2D eigenvalue weighted by Gasteiger charge is -2.09. The van der Waals surface area contributed by atoms with Gasteiger partial charge in [-0.1, -0.05) is 23.9 Å². The summed E-state index contributed by atoms with van der Waals surface area (Å²) >= 11 is 2.76. The van der Waals surface area contributed by atoms with Crippen molar-refractivity contribution in [2.75, 3.05) is 12.4 Å². The fourth-order valence-electron chi connectivity index (χ4n) is 2.52. The Labute approximate surface area is 137 Å². The number of thiophene rings is 1. The number of nitrogens with one attached hydrogen (secondary N) is 2. The van der Waals surface area contributed by atoms with Gasteiger partial charge in [0.05, 0.1) is 5.25 Å². The number of carbonyl (C=O) groups is 2. The Bertz CT molecular complexity index is 739. The van der Waals surface area contributed by atoms with Gasteiger partial charge in [0.15, 0.2) is 0 Å². The molecule has 0 radical (unpaired) electrons. The minimum Gasteiger partial charge on any atom is -0.388 e. The van der Waals surface area contributed by atoms with Gasteiger partial charge in [-0.3, -0.25) is 14.9 Å². The highest BCUT2D eigenvalue weighted by molar-refractivity contribution is 8.15. The molecule has 6 heteroatoms. The Morgan fingerprint density at radius 1 is 1.23 bits per heavy atom. The van der Waals surface area contributed by atoms with E-state index in [0.29, 0.717) is 6.42 Å². The number of amides is 2. The van der Waals surface area contributed by atoms with Crippen LogP contribution in [0.2, 0.25) is 0 Å². The summed E-state index contributed by atoms with van der Waals surface area (Å²) in [5.41, 5.74) is 3.52. The molecule has 3 rings (SSSR count). The first kappa shape index (κ1) is 15.1. The first-order valence-corrected chi connectivity index (χ1v) is 8.66. The molecule has 0 aliphatic carbocycles. The number of hydrogen-bond donors (Lipinski definition) is 2. The lowest BCUT2D eigenvalue weighted by molar-refractivity contribution is -0.118. The summed E-state index contributed by atoms with van der Waals surface area (Å²) in [6.07, 6.45) is 0.595. The Morgan fingerprint density at radius 3 is 2.73 bits per heavy atom. The predicted octanol–water partition coefficient (Wildman–Crippen LogP) is 3.66. The van der Waals surface area contributed by atoms with Crippen molar-refractivity contribution < 1.29 is 9.59 Å². The zero-order valence-electron chi connectivity index (χ0n) is 12.3. The van der Waals surface area contributed by atoms with Crippen LogP contribution in [0.25, 0.3) is 10.4 Å². The maximum Gasteiger partial charge on any atom is 0.286 e. The van der Waals surface area contributed by atoms with Gasteiger partial charge in [0, 0.05) is 28.9 Å². The fraction of sp³-hybridized carbons (Fsp3) is 0.250. The van der Waals surface area contributed by atoms with Crippen LogP contribution >= 0.6 is 23.1 Å². The Hall–Kier alpha value is -1.79. The van der Waals surface area contributed by atoms with Gasteiger partial charge in [0.2, 0.25) is 5.91 Å². The van der Waals surface area contributed by atoms with Crippen molar-refractivity contribution in [3.63, 3.8) is 0 Å². The molecule has 0 saturated carbocycles. The standard InChI is InChI=1S/C16H16N2O2S2/c1-9-11(4-3-5-12(9)17-2)13-7-6-10(21-13)8-14-15(19)18-16(20)22-14/h3-7,14,17H,8H2,1-2H3,(H,18,19,20). The fourth-order valence-corrected chi connectivity index (χ4v) is 4.60. The molecule has 1 aliphatic rings. The van der Waals surface area contributed by atoms with Crippen LogP contribution in [0.4, 0.5) is 10.5 Å². The molecule has 1 aromatic heterocycles. The van der Waals surface area contributed by atoms with Gasteiger partial charge in [0.1, 0.15) is 0 Å². The number of imide groups is 1. The lowest BCUT2D eigenvalue weighted by Crippen LogP contribution is -2.25. The monoisotopic (exact) mass is 332 g/mol. The van der Waals surface area contributed by atoms with Gasteiger partial charge < -0.3 is 5.32 Å². The van der Waals surface area contributed by atoms with Crippen LogP contribution in [0.3, 0.4) is 0 Å². The van der Waals surface area contributed by atoms with Gasteiger partial charge >= 0.3 is 0 Å². The number of rotatable bonds is 4. The van der Waals surface area contributed by atoms with E-state index in [2.05, 4.69) is 35.8 Å². The molecule has 2 N–H and O–H groups in total. The molecule has 1 aromatic carbocycles. The van der Waals surface area contributed by atoms with Crippen molar-refractivity contribution in [3.05, 3.63) is 40.8 Å². The molecule has 4 nitrogen and oxygen atoms in total. The highest BCUT2D eigenvalue weighted by atomic mass is 32.2. The molecule has 2 heterocycles. The zero-order chi connectivity index (χ0) is 15.7. The van der Waals surface area contributed by atoms with Crippen molar-refractivity contribution in [2.45, 2.75) is 18.6 Å². The van der Waals surface area contributed by atoms with Crippen molar-refractivity contribution in [1.82, 2.24) is 5.32 Å². The van der Waals surface area contributed by atoms with E-state index in [-0.39, 0.29) is 16.4 Å². The molecular formula is C16H16N2O2S2. The Kier molecular flexibility index (Phi) is 4.22. The predicted molar refractivity (Wildman–Crippen MR) is 92.7 cm³/mol. The van der Waals surface area contributed by atoms with Gasteiger partial charge in [0.25, 0.3) is 5.24 Å². The van der Waals surface area contributed by atoms with Gasteiger partial charge in [-0.25, -0.2) is 0 Å². The van der Waals surface area contributed by atoms with Gasteiger partial charge in [-0.15, -0.1) is 11.3 Å². The van der Waals surface area contributed by atoms with Crippen LogP contribution in [0.15, 0.2) is 30.3 Å². The minimum atomic E-state index is -0.302. The normalized spacial score (nSPS) is 17.6. The maximum absolute atomic E-state index is 11.6. The second-order valence-corrected chi connectivity index (χ2v) is 7.43. The van der Waals surface area contributed by atoms with Crippen LogP contribution in [0, 0.1) is 6.92 Å². The van der Waals surface area contributed by atoms with Crippen LogP contribution in [-0.4, -0.2) is 23.4 Å². The van der Waals surface area contributed by atoms with Crippen LogP contribution in [0.5, 0.6) is 0 Å². The Balaban J connectivity index is 1.82. The van der Waals surface area contributed by atoms with E-state index < -0.39 is 0 Å². The molecule has 2 aromatic rings. The number of anilines is 1. The smallest absolute Gasteiger partial charge is 0.286 e. The largest absolute Gasteiger partial charge is 0.388 e. The molecule has 22 heavy (non-hydrogen) atoms. The highest BCUT2D eigenvalue weighted by Gasteiger charge is 2.31. The number of carbonyl (C=O) groups excluding carboxylic acids is 2. The van der Waals surface area contributed by atoms with E-state index >= 15 is 0 Å². The molecule has 1 unspecified atom stereocenters. The number of hydrogen-bond acceptors (Lipinski definition) is 5. The average molecular weight is 332 g/mol. The molecule has 114 valence electrons. The first-order chi connectivity index (χ1) is 10.6. The van der Waals surface area contributed by atoms with Crippen molar-refractivity contribution in [3.8, 4) is 10.4 Å². The summed E-state index contributed by atoms with van der Waals surface area (Å²) in [5, 5.41) is 4.98. The van der Waals surface area contributed by atoms with Crippen LogP contribution in [0.1, 0.15) is 10.4 Å². The zero-order valence-corrected chi connectivity index (χ0v) is 13.9. The van der Waals surface area contributed by atoms with Gasteiger partial charge in [-0.05, 0) is 36.2 Å². The van der Waals surface area contributed by atoms with Crippen LogP contribution in [-0.2, 0) is 11.2 Å². The van der Waals surface area contributed by atoms with E-state index in [1.165, 1.54) is 16.0 Å². The summed E-state index contributed by atoms with van der Waals surface area (Å²) in [6.45, 7) is 2.10. The van der Waals surface area contributed by atoms with E-state index in [0.717, 1.165) is 22.3 Å². The molecule has 1 atom stereocenters. The molecule has 0 bridgehead atoms. The summed E-state index contributed by atoms with van der Waals surface area (Å²) < 4.78 is 0. The highest BCUT2D eigenvalue weighted by Crippen LogP contribution is 2.35. The molecule has 2 amide bonds. The summed E-state index contributed by atoms with van der Waals surface area (Å²) in [6, 6.07) is 10.3. The second kappa shape index (κ2) is 6.14. The quantitative estimate of drug-likeness (QED) is 0.897. The minimum absolute atomic E-state index is 0.182. The maximum atomic E-state index is 11.6. The third-order valence-electron chi connectivity index (χ3n) is 3.68. The summed E-state index contributed by atoms with van der Waals surface area (Å²) in [5.74, 6) is -0.182. The number of thioether (sulfide) groups is 1. The van der Waals surface area contributed by atoms with E-state index in [9.17, 15) is 9.59 Å². The third kappa shape index (κ3) is 2.89. The van der Waals surface area contributed by atoms with Gasteiger partial charge in [-0.2, -0.15) is 0 Å². The second-order valence-electron chi connectivity index (χ2n) is 5.08. The topological polar surface area (TPSA) is 58.2 Å². The summed E-state index contributed by atoms with van der Waals surface area (Å²) in [4.78, 5) is 25.2. The van der Waals surface area contributed by atoms with Crippen molar-refractivity contribution in [2.24, 2.45) is 0 Å². The van der Waals surface area contributed by atoms with Crippen molar-refractivity contribution >= 4 is 39.9 Å². The number of benzene rings is 1. The van der Waals surface area contributed by atoms with E-state index in [4.69, 9.17) is 0 Å². The molecule has 1 saturated heterocycles. The van der Waals surface area contributed by atoms with Crippen molar-refractivity contribution in [1.29, 1.82) is 0 Å². The third-order valence-corrected chi connectivity index (χ3v) is 5.81. The molecular weight excluding hydrogens is 316 g/mol. The average Bonchev–Trinajstić information content (AvgIpc) is 3.07. The molecule has 1 aliphatic heterocycles. The van der Waals surface area contributed by atoms with E-state index in [1.807, 2.05) is 19.2 Å². The van der Waals surface area contributed by atoms with E-state index in [1.54, 1.807) is 11.3 Å². The lowest BCUT2D eigenvalue weighted by atomic mass is 10.1. The summed E-state index contributed by atoms with van der Waals surface area (Å²) in [7, 11) is 1.92. The molecule has 1 fully saturated rings.